The molecule has 1 saturated carbocycles. The molecule has 1 aromatic rings. The van der Waals surface area contributed by atoms with Crippen LogP contribution in [0.25, 0.3) is 0 Å². The van der Waals surface area contributed by atoms with Gasteiger partial charge in [-0.15, -0.1) is 0 Å². The van der Waals surface area contributed by atoms with Gasteiger partial charge in [-0.1, -0.05) is 13.8 Å². The number of amides is 2. The maximum Gasteiger partial charge on any atom is 0.274 e. The maximum absolute atomic E-state index is 14.2. The summed E-state index contributed by atoms with van der Waals surface area (Å²) in [5.74, 6) is -0.806. The number of nitrogens with one attached hydrogen (secondary N) is 2. The normalized spacial score (nSPS) is 26.6. The monoisotopic (exact) mass is 363 g/mol. The summed E-state index contributed by atoms with van der Waals surface area (Å²) in [5, 5.41) is 11.9. The Balaban J connectivity index is 0.000000948. The molecule has 2 heterocycles. The van der Waals surface area contributed by atoms with Crippen molar-refractivity contribution in [1.29, 1.82) is 0 Å². The highest BCUT2D eigenvalue weighted by Gasteiger charge is 2.50. The Bertz CT molecular complexity index is 724. The van der Waals surface area contributed by atoms with Gasteiger partial charge in [0, 0.05) is 31.1 Å². The molecular formula is C19H26FN3O3. The van der Waals surface area contributed by atoms with Crippen molar-refractivity contribution < 1.29 is 19.2 Å². The number of fused-ring (bicyclic) bond motifs is 3. The van der Waals surface area contributed by atoms with Crippen molar-refractivity contribution in [3.8, 4) is 0 Å². The van der Waals surface area contributed by atoms with Crippen molar-refractivity contribution in [1.82, 2.24) is 15.7 Å². The topological polar surface area (TPSA) is 81.7 Å². The minimum Gasteiger partial charge on any atom is -0.349 e. The molecule has 7 heteroatoms. The number of benzene rings is 1. The fraction of sp³-hybridized carbons (Fsp3) is 0.579. The summed E-state index contributed by atoms with van der Waals surface area (Å²) in [6, 6.07) is 2.80. The van der Waals surface area contributed by atoms with E-state index in [0.29, 0.717) is 18.5 Å². The first-order valence-corrected chi connectivity index (χ1v) is 9.30. The van der Waals surface area contributed by atoms with E-state index in [0.717, 1.165) is 44.0 Å². The van der Waals surface area contributed by atoms with Gasteiger partial charge in [0.05, 0.1) is 5.54 Å². The van der Waals surface area contributed by atoms with Crippen LogP contribution in [-0.2, 0) is 17.8 Å². The van der Waals surface area contributed by atoms with E-state index in [-0.39, 0.29) is 22.9 Å². The zero-order valence-corrected chi connectivity index (χ0v) is 15.3. The Morgan fingerprint density at radius 3 is 2.85 bits per heavy atom. The van der Waals surface area contributed by atoms with Gasteiger partial charge in [0.15, 0.2) is 0 Å². The number of carbonyl (C=O) groups excluding carboxylic acids is 2. The fourth-order valence-electron chi connectivity index (χ4n) is 4.47. The minimum absolute atomic E-state index is 0.115. The molecule has 26 heavy (non-hydrogen) atoms. The molecule has 1 aliphatic carbocycles. The van der Waals surface area contributed by atoms with Crippen LogP contribution in [0, 0.1) is 11.7 Å². The summed E-state index contributed by atoms with van der Waals surface area (Å²) in [7, 11) is 0. The van der Waals surface area contributed by atoms with Crippen LogP contribution in [0.1, 0.15) is 54.6 Å². The second-order valence-corrected chi connectivity index (χ2v) is 7.21. The van der Waals surface area contributed by atoms with Crippen LogP contribution < -0.4 is 10.8 Å². The zero-order chi connectivity index (χ0) is 18.9. The van der Waals surface area contributed by atoms with Gasteiger partial charge in [0.2, 0.25) is 5.91 Å². The first kappa shape index (κ1) is 18.8. The van der Waals surface area contributed by atoms with Crippen molar-refractivity contribution in [3.05, 3.63) is 34.6 Å². The summed E-state index contributed by atoms with van der Waals surface area (Å²) in [6.07, 6.45) is 3.41. The molecule has 2 unspecified atom stereocenters. The number of rotatable bonds is 3. The molecule has 2 bridgehead atoms. The molecule has 0 aromatic heterocycles. The Morgan fingerprint density at radius 2 is 2.23 bits per heavy atom. The van der Waals surface area contributed by atoms with Crippen LogP contribution in [0.5, 0.6) is 0 Å². The molecule has 0 radical (unpaired) electrons. The molecule has 1 saturated heterocycles. The average molecular weight is 363 g/mol. The predicted molar refractivity (Wildman–Crippen MR) is 94.2 cm³/mol. The van der Waals surface area contributed by atoms with Gasteiger partial charge in [0.25, 0.3) is 5.91 Å². The Labute approximate surface area is 152 Å². The molecule has 142 valence electrons. The van der Waals surface area contributed by atoms with E-state index in [4.69, 9.17) is 5.21 Å². The molecule has 3 aliphatic rings. The van der Waals surface area contributed by atoms with E-state index in [9.17, 15) is 14.0 Å². The van der Waals surface area contributed by atoms with Gasteiger partial charge in [-0.3, -0.25) is 19.7 Å². The number of nitrogens with zero attached hydrogens (tertiary/aromatic N) is 1. The molecule has 2 atom stereocenters. The molecule has 4 rings (SSSR count). The summed E-state index contributed by atoms with van der Waals surface area (Å²) < 4.78 is 14.2. The Hall–Kier alpha value is -1.99. The number of carbonyl (C=O) groups is 2. The van der Waals surface area contributed by atoms with Crippen molar-refractivity contribution in [2.45, 2.75) is 51.6 Å². The summed E-state index contributed by atoms with van der Waals surface area (Å²) in [6.45, 7) is 6.03. The fourth-order valence-corrected chi connectivity index (χ4v) is 4.47. The van der Waals surface area contributed by atoms with Gasteiger partial charge >= 0.3 is 0 Å². The van der Waals surface area contributed by atoms with E-state index >= 15 is 0 Å². The number of hydrogen-bond donors (Lipinski definition) is 3. The molecule has 2 amide bonds. The highest BCUT2D eigenvalue weighted by Crippen LogP contribution is 2.41. The van der Waals surface area contributed by atoms with Gasteiger partial charge in [-0.25, -0.2) is 9.87 Å². The third kappa shape index (κ3) is 3.33. The highest BCUT2D eigenvalue weighted by atomic mass is 19.1. The van der Waals surface area contributed by atoms with Crippen molar-refractivity contribution in [3.63, 3.8) is 0 Å². The van der Waals surface area contributed by atoms with Gasteiger partial charge in [0.1, 0.15) is 5.82 Å². The second-order valence-electron chi connectivity index (χ2n) is 7.21. The van der Waals surface area contributed by atoms with Crippen LogP contribution in [0.15, 0.2) is 12.1 Å². The molecule has 0 spiro atoms. The van der Waals surface area contributed by atoms with Crippen LogP contribution in [-0.4, -0.2) is 40.5 Å². The molecule has 1 aromatic carbocycles. The van der Waals surface area contributed by atoms with Crippen molar-refractivity contribution in [2.75, 3.05) is 13.1 Å². The quantitative estimate of drug-likeness (QED) is 0.567. The van der Waals surface area contributed by atoms with Gasteiger partial charge in [-0.2, -0.15) is 0 Å². The lowest BCUT2D eigenvalue weighted by Gasteiger charge is -2.37. The number of halogens is 1. The molecule has 2 aliphatic heterocycles. The van der Waals surface area contributed by atoms with Crippen molar-refractivity contribution in [2.24, 2.45) is 5.92 Å². The largest absolute Gasteiger partial charge is 0.349 e. The Morgan fingerprint density at radius 1 is 1.46 bits per heavy atom. The molecular weight excluding hydrogens is 337 g/mol. The molecule has 3 N–H and O–H groups in total. The Kier molecular flexibility index (Phi) is 5.29. The smallest absolute Gasteiger partial charge is 0.274 e. The van der Waals surface area contributed by atoms with E-state index in [2.05, 4.69) is 10.2 Å². The van der Waals surface area contributed by atoms with Crippen LogP contribution in [0.3, 0.4) is 0 Å². The lowest BCUT2D eigenvalue weighted by molar-refractivity contribution is -0.124. The van der Waals surface area contributed by atoms with E-state index in [1.54, 1.807) is 11.5 Å². The maximum atomic E-state index is 14.2. The van der Waals surface area contributed by atoms with Crippen LogP contribution >= 0.6 is 0 Å². The number of hydroxylamine groups is 1. The SMILES string of the molecule is CC.O=C(NO)c1cc(F)c2c(c1)CN(CC13CCC(C1)C(=O)N3)CC2. The van der Waals surface area contributed by atoms with E-state index in [1.165, 1.54) is 0 Å². The van der Waals surface area contributed by atoms with Crippen LogP contribution in [0.4, 0.5) is 4.39 Å². The highest BCUT2D eigenvalue weighted by molar-refractivity contribution is 5.93. The second kappa shape index (κ2) is 7.32. The third-order valence-electron chi connectivity index (χ3n) is 5.62. The predicted octanol–water partition coefficient (Wildman–Crippen LogP) is 2.00. The lowest BCUT2D eigenvalue weighted by atomic mass is 9.93. The third-order valence-corrected chi connectivity index (χ3v) is 5.62. The number of hydrogen-bond acceptors (Lipinski definition) is 4. The van der Waals surface area contributed by atoms with Gasteiger partial charge in [-0.05, 0) is 48.9 Å². The summed E-state index contributed by atoms with van der Waals surface area (Å²) in [4.78, 5) is 25.6. The molecule has 6 nitrogen and oxygen atoms in total. The first-order valence-electron chi connectivity index (χ1n) is 9.30. The van der Waals surface area contributed by atoms with E-state index in [1.807, 2.05) is 13.8 Å². The standard InChI is InChI=1S/C17H20FN3O3.C2H6/c18-14-6-11(16(23)20-24)5-12-8-21(4-2-13(12)14)9-17-3-1-10(7-17)15(22)19-17;1-2/h5-6,10,24H,1-4,7-9H2,(H,19,22)(H,20,23);1-2H3. The summed E-state index contributed by atoms with van der Waals surface area (Å²) >= 11 is 0. The number of piperidine rings is 1. The first-order chi connectivity index (χ1) is 12.5. The molecule has 2 fully saturated rings. The van der Waals surface area contributed by atoms with Crippen molar-refractivity contribution >= 4 is 11.8 Å². The van der Waals surface area contributed by atoms with Crippen LogP contribution in [0.2, 0.25) is 0 Å². The van der Waals surface area contributed by atoms with Gasteiger partial charge < -0.3 is 5.32 Å². The van der Waals surface area contributed by atoms with E-state index < -0.39 is 11.7 Å². The summed E-state index contributed by atoms with van der Waals surface area (Å²) in [5.41, 5.74) is 2.93. The zero-order valence-electron chi connectivity index (χ0n) is 15.3. The minimum atomic E-state index is -0.714. The lowest BCUT2D eigenvalue weighted by Crippen LogP contribution is -2.52. The average Bonchev–Trinajstić information content (AvgIpc) is 3.19.